The van der Waals surface area contributed by atoms with E-state index >= 15 is 0 Å². The van der Waals surface area contributed by atoms with Gasteiger partial charge in [-0.05, 0) is 54.3 Å². The highest BCUT2D eigenvalue weighted by Crippen LogP contribution is 2.28. The van der Waals surface area contributed by atoms with Gasteiger partial charge in [-0.25, -0.2) is 0 Å². The second-order valence-electron chi connectivity index (χ2n) is 4.49. The highest BCUT2D eigenvalue weighted by atomic mass is 79.9. The lowest BCUT2D eigenvalue weighted by Gasteiger charge is -2.17. The Labute approximate surface area is 125 Å². The van der Waals surface area contributed by atoms with Crippen LogP contribution in [-0.4, -0.2) is 0 Å². The molecule has 2 aromatic rings. The average Bonchev–Trinajstić information content (AvgIpc) is 2.33. The molecule has 2 N–H and O–H groups in total. The van der Waals surface area contributed by atoms with Crippen molar-refractivity contribution >= 4 is 31.9 Å². The molecule has 0 aliphatic carbocycles. The van der Waals surface area contributed by atoms with Crippen molar-refractivity contribution in [3.8, 4) is 0 Å². The minimum Gasteiger partial charge on any atom is -0.320 e. The van der Waals surface area contributed by atoms with E-state index in [9.17, 15) is 0 Å². The lowest BCUT2D eigenvalue weighted by Crippen LogP contribution is -2.13. The lowest BCUT2D eigenvalue weighted by atomic mass is 9.94. The van der Waals surface area contributed by atoms with Gasteiger partial charge in [-0.2, -0.15) is 0 Å². The number of rotatable bonds is 2. The van der Waals surface area contributed by atoms with Crippen LogP contribution >= 0.6 is 31.9 Å². The molecule has 0 bridgehead atoms. The van der Waals surface area contributed by atoms with Crippen LogP contribution in [0.1, 0.15) is 28.3 Å². The Morgan fingerprint density at radius 2 is 1.72 bits per heavy atom. The first kappa shape index (κ1) is 13.8. The lowest BCUT2D eigenvalue weighted by molar-refractivity contribution is 0.858. The zero-order valence-corrected chi connectivity index (χ0v) is 13.5. The summed E-state index contributed by atoms with van der Waals surface area (Å²) in [5.41, 5.74) is 11.1. The third-order valence-corrected chi connectivity index (χ3v) is 4.44. The zero-order chi connectivity index (χ0) is 13.3. The largest absolute Gasteiger partial charge is 0.320 e. The maximum atomic E-state index is 6.37. The van der Waals surface area contributed by atoms with Gasteiger partial charge in [0.2, 0.25) is 0 Å². The first-order chi connectivity index (χ1) is 8.49. The van der Waals surface area contributed by atoms with Gasteiger partial charge in [0.25, 0.3) is 0 Å². The average molecular weight is 369 g/mol. The van der Waals surface area contributed by atoms with Crippen LogP contribution in [0.4, 0.5) is 0 Å². The molecule has 2 rings (SSSR count). The van der Waals surface area contributed by atoms with E-state index in [2.05, 4.69) is 70.0 Å². The van der Waals surface area contributed by atoms with Gasteiger partial charge in [-0.1, -0.05) is 50.1 Å². The molecule has 0 aliphatic heterocycles. The van der Waals surface area contributed by atoms with Gasteiger partial charge >= 0.3 is 0 Å². The SMILES string of the molecule is Cc1cc(C(N)c2cccc(Br)c2)c(C)cc1Br. The summed E-state index contributed by atoms with van der Waals surface area (Å²) in [6, 6.07) is 12.4. The van der Waals surface area contributed by atoms with E-state index in [0.29, 0.717) is 0 Å². The number of nitrogens with two attached hydrogens (primary N) is 1. The zero-order valence-electron chi connectivity index (χ0n) is 10.4. The Bertz CT molecular complexity index is 579. The van der Waals surface area contributed by atoms with E-state index in [1.54, 1.807) is 0 Å². The Balaban J connectivity index is 2.46. The Morgan fingerprint density at radius 3 is 2.39 bits per heavy atom. The fourth-order valence-corrected chi connectivity index (χ4v) is 2.89. The van der Waals surface area contributed by atoms with Crippen molar-refractivity contribution in [2.24, 2.45) is 5.73 Å². The number of hydrogen-bond donors (Lipinski definition) is 1. The van der Waals surface area contributed by atoms with Crippen molar-refractivity contribution < 1.29 is 0 Å². The molecule has 0 amide bonds. The number of benzene rings is 2. The summed E-state index contributed by atoms with van der Waals surface area (Å²) < 4.78 is 2.19. The van der Waals surface area contributed by atoms with Crippen molar-refractivity contribution in [3.05, 3.63) is 67.6 Å². The summed E-state index contributed by atoms with van der Waals surface area (Å²) in [5.74, 6) is 0. The molecule has 0 saturated heterocycles. The first-order valence-corrected chi connectivity index (χ1v) is 7.35. The van der Waals surface area contributed by atoms with Gasteiger partial charge in [0.15, 0.2) is 0 Å². The third-order valence-electron chi connectivity index (χ3n) is 3.09. The van der Waals surface area contributed by atoms with Crippen LogP contribution in [0.3, 0.4) is 0 Å². The molecule has 0 spiro atoms. The van der Waals surface area contributed by atoms with Crippen molar-refractivity contribution in [1.82, 2.24) is 0 Å². The van der Waals surface area contributed by atoms with Gasteiger partial charge in [0.05, 0.1) is 6.04 Å². The molecule has 0 fully saturated rings. The standard InChI is InChI=1S/C15H15Br2N/c1-9-7-14(17)10(2)6-13(9)15(18)11-4-3-5-12(16)8-11/h3-8,15H,18H2,1-2H3. The summed E-state index contributed by atoms with van der Waals surface area (Å²) in [6.07, 6.45) is 0. The molecule has 1 nitrogen and oxygen atoms in total. The van der Waals surface area contributed by atoms with Gasteiger partial charge in [-0.15, -0.1) is 0 Å². The van der Waals surface area contributed by atoms with E-state index in [0.717, 1.165) is 14.5 Å². The van der Waals surface area contributed by atoms with Crippen LogP contribution in [0.15, 0.2) is 45.3 Å². The molecule has 3 heteroatoms. The molecule has 1 unspecified atom stereocenters. The second kappa shape index (κ2) is 5.55. The van der Waals surface area contributed by atoms with E-state index in [4.69, 9.17) is 5.73 Å². The van der Waals surface area contributed by atoms with Gasteiger partial charge in [0, 0.05) is 8.95 Å². The molecule has 0 radical (unpaired) electrons. The molecule has 1 atom stereocenters. The fourth-order valence-electron chi connectivity index (χ4n) is 2.02. The third kappa shape index (κ3) is 2.85. The summed E-state index contributed by atoms with van der Waals surface area (Å²) in [6.45, 7) is 4.18. The minimum atomic E-state index is -0.0886. The van der Waals surface area contributed by atoms with E-state index in [1.807, 2.05) is 12.1 Å². The Morgan fingerprint density at radius 1 is 1.00 bits per heavy atom. The molecule has 94 valence electrons. The molecular weight excluding hydrogens is 354 g/mol. The molecule has 0 aromatic heterocycles. The van der Waals surface area contributed by atoms with Crippen LogP contribution in [0, 0.1) is 13.8 Å². The molecule has 0 heterocycles. The van der Waals surface area contributed by atoms with Crippen molar-refractivity contribution in [2.75, 3.05) is 0 Å². The maximum Gasteiger partial charge on any atom is 0.0554 e. The van der Waals surface area contributed by atoms with Crippen LogP contribution in [0.25, 0.3) is 0 Å². The Hall–Kier alpha value is -0.640. The van der Waals surface area contributed by atoms with Crippen LogP contribution in [0.5, 0.6) is 0 Å². The summed E-state index contributed by atoms with van der Waals surface area (Å²) >= 11 is 7.03. The smallest absolute Gasteiger partial charge is 0.0554 e. The predicted molar refractivity (Wildman–Crippen MR) is 83.8 cm³/mol. The van der Waals surface area contributed by atoms with E-state index in [-0.39, 0.29) is 6.04 Å². The Kier molecular flexibility index (Phi) is 4.25. The van der Waals surface area contributed by atoms with Crippen LogP contribution < -0.4 is 5.73 Å². The summed E-state index contributed by atoms with van der Waals surface area (Å²) in [4.78, 5) is 0. The first-order valence-electron chi connectivity index (χ1n) is 5.76. The van der Waals surface area contributed by atoms with E-state index < -0.39 is 0 Å². The summed E-state index contributed by atoms with van der Waals surface area (Å²) in [7, 11) is 0. The molecule has 0 saturated carbocycles. The van der Waals surface area contributed by atoms with Crippen LogP contribution in [-0.2, 0) is 0 Å². The fraction of sp³-hybridized carbons (Fsp3) is 0.200. The van der Waals surface area contributed by atoms with Crippen molar-refractivity contribution in [1.29, 1.82) is 0 Å². The van der Waals surface area contributed by atoms with Crippen LogP contribution in [0.2, 0.25) is 0 Å². The van der Waals surface area contributed by atoms with Gasteiger partial charge in [0.1, 0.15) is 0 Å². The molecule has 0 aliphatic rings. The topological polar surface area (TPSA) is 26.0 Å². The number of hydrogen-bond acceptors (Lipinski definition) is 1. The highest BCUT2D eigenvalue weighted by molar-refractivity contribution is 9.10. The number of aryl methyl sites for hydroxylation is 2. The van der Waals surface area contributed by atoms with E-state index in [1.165, 1.54) is 16.7 Å². The number of halogens is 2. The summed E-state index contributed by atoms with van der Waals surface area (Å²) in [5, 5.41) is 0. The van der Waals surface area contributed by atoms with Gasteiger partial charge < -0.3 is 5.73 Å². The normalized spacial score (nSPS) is 12.5. The second-order valence-corrected chi connectivity index (χ2v) is 6.26. The molecule has 2 aromatic carbocycles. The van der Waals surface area contributed by atoms with Gasteiger partial charge in [-0.3, -0.25) is 0 Å². The van der Waals surface area contributed by atoms with Crippen molar-refractivity contribution in [3.63, 3.8) is 0 Å². The maximum absolute atomic E-state index is 6.37. The quantitative estimate of drug-likeness (QED) is 0.803. The monoisotopic (exact) mass is 367 g/mol. The highest BCUT2D eigenvalue weighted by Gasteiger charge is 2.13. The predicted octanol–water partition coefficient (Wildman–Crippen LogP) is 4.88. The molecular formula is C15H15Br2N. The minimum absolute atomic E-state index is 0.0886. The molecule has 18 heavy (non-hydrogen) atoms. The van der Waals surface area contributed by atoms with Crippen molar-refractivity contribution in [2.45, 2.75) is 19.9 Å².